The van der Waals surface area contributed by atoms with E-state index in [-0.39, 0.29) is 5.82 Å². The molecule has 0 radical (unpaired) electrons. The van der Waals surface area contributed by atoms with Crippen molar-refractivity contribution < 1.29 is 9.13 Å². The number of halogens is 3. The molecule has 0 spiro atoms. The van der Waals surface area contributed by atoms with Gasteiger partial charge in [-0.1, -0.05) is 31.9 Å². The molecule has 0 saturated carbocycles. The average Bonchev–Trinajstić information content (AvgIpc) is 2.03. The molecule has 0 N–H and O–H groups in total. The maximum atomic E-state index is 13.1. The second-order valence-corrected chi connectivity index (χ2v) is 3.69. The van der Waals surface area contributed by atoms with Crippen molar-refractivity contribution in [3.05, 3.63) is 28.0 Å². The largest absolute Gasteiger partial charge is 0.493 e. The summed E-state index contributed by atoms with van der Waals surface area (Å²) in [7, 11) is 1.46. The van der Waals surface area contributed by atoms with Gasteiger partial charge in [0.05, 0.1) is 7.11 Å². The number of benzene rings is 1. The third-order valence-corrected chi connectivity index (χ3v) is 2.50. The first-order valence-electron chi connectivity index (χ1n) is 3.27. The molecule has 12 heavy (non-hydrogen) atoms. The Morgan fingerprint density at radius 1 is 1.50 bits per heavy atom. The van der Waals surface area contributed by atoms with Crippen molar-refractivity contribution in [1.29, 1.82) is 0 Å². The summed E-state index contributed by atoms with van der Waals surface area (Å²) >= 11 is 6.45. The Morgan fingerprint density at radius 3 is 2.67 bits per heavy atom. The summed E-state index contributed by atoms with van der Waals surface area (Å²) < 4.78 is 18.7. The molecule has 1 aromatic carbocycles. The van der Waals surface area contributed by atoms with Crippen LogP contribution in [0.5, 0.6) is 5.75 Å². The third-order valence-electron chi connectivity index (χ3n) is 1.43. The fourth-order valence-corrected chi connectivity index (χ4v) is 1.84. The zero-order valence-electron chi connectivity index (χ0n) is 6.40. The van der Waals surface area contributed by atoms with Gasteiger partial charge < -0.3 is 4.74 Å². The lowest BCUT2D eigenvalue weighted by atomic mass is 10.2. The first kappa shape index (κ1) is 9.99. The van der Waals surface area contributed by atoms with E-state index < -0.39 is 0 Å². The number of methoxy groups -OCH3 is 1. The minimum absolute atomic E-state index is 0.301. The van der Waals surface area contributed by atoms with E-state index in [1.165, 1.54) is 13.2 Å². The van der Waals surface area contributed by atoms with Gasteiger partial charge in [-0.2, -0.15) is 0 Å². The van der Waals surface area contributed by atoms with E-state index in [4.69, 9.17) is 4.74 Å². The molecular weight excluding hydrogens is 291 g/mol. The normalized spacial score (nSPS) is 10.0. The molecule has 0 amide bonds. The van der Waals surface area contributed by atoms with Crippen LogP contribution in [0.25, 0.3) is 0 Å². The predicted octanol–water partition coefficient (Wildman–Crippen LogP) is 3.49. The van der Waals surface area contributed by atoms with E-state index >= 15 is 0 Å². The van der Waals surface area contributed by atoms with E-state index in [0.29, 0.717) is 11.1 Å². The van der Waals surface area contributed by atoms with Crippen molar-refractivity contribution in [2.24, 2.45) is 0 Å². The number of alkyl halides is 1. The van der Waals surface area contributed by atoms with Crippen LogP contribution in [-0.4, -0.2) is 7.11 Å². The summed E-state index contributed by atoms with van der Waals surface area (Å²) in [4.78, 5) is 0. The number of rotatable bonds is 2. The maximum absolute atomic E-state index is 13.1. The van der Waals surface area contributed by atoms with Crippen LogP contribution in [0.4, 0.5) is 4.39 Å². The molecule has 0 atom stereocenters. The number of hydrogen-bond donors (Lipinski definition) is 0. The van der Waals surface area contributed by atoms with Crippen molar-refractivity contribution in [2.45, 2.75) is 5.33 Å². The van der Waals surface area contributed by atoms with Gasteiger partial charge in [-0.15, -0.1) is 0 Å². The van der Waals surface area contributed by atoms with Crippen LogP contribution in [0.1, 0.15) is 5.56 Å². The van der Waals surface area contributed by atoms with Gasteiger partial charge in [-0.25, -0.2) is 4.39 Å². The van der Waals surface area contributed by atoms with E-state index in [0.717, 1.165) is 10.0 Å². The second kappa shape index (κ2) is 4.23. The smallest absolute Gasteiger partial charge is 0.166 e. The highest BCUT2D eigenvalue weighted by Gasteiger charge is 2.08. The maximum Gasteiger partial charge on any atom is 0.166 e. The Bertz CT molecular complexity index is 289. The average molecular weight is 298 g/mol. The molecule has 0 fully saturated rings. The van der Waals surface area contributed by atoms with Crippen molar-refractivity contribution in [2.75, 3.05) is 7.11 Å². The number of ether oxygens (including phenoxy) is 1. The highest BCUT2D eigenvalue weighted by atomic mass is 79.9. The molecule has 0 aliphatic heterocycles. The van der Waals surface area contributed by atoms with Crippen molar-refractivity contribution in [1.82, 2.24) is 0 Å². The van der Waals surface area contributed by atoms with Crippen LogP contribution in [-0.2, 0) is 5.33 Å². The molecule has 1 aromatic rings. The summed E-state index contributed by atoms with van der Waals surface area (Å²) in [5, 5.41) is 0.576. The molecular formula is C8H7Br2FO. The summed E-state index contributed by atoms with van der Waals surface area (Å²) in [6.45, 7) is 0. The van der Waals surface area contributed by atoms with Gasteiger partial charge in [0, 0.05) is 15.4 Å². The highest BCUT2D eigenvalue weighted by molar-refractivity contribution is 9.10. The third kappa shape index (κ3) is 1.98. The molecule has 0 aliphatic carbocycles. The zero-order chi connectivity index (χ0) is 9.14. The molecule has 1 nitrogen and oxygen atoms in total. The molecule has 0 aliphatic rings. The summed E-state index contributed by atoms with van der Waals surface area (Å²) in [6, 6.07) is 3.20. The Balaban J connectivity index is 3.24. The molecule has 1 rings (SSSR count). The Kier molecular flexibility index (Phi) is 3.53. The van der Waals surface area contributed by atoms with Crippen LogP contribution in [0, 0.1) is 5.82 Å². The standard InChI is InChI=1S/C8H7Br2FO/c1-12-8-5(4-9)2-6(10)3-7(8)11/h2-3H,4H2,1H3. The SMILES string of the molecule is COc1c(F)cc(Br)cc1CBr. The second-order valence-electron chi connectivity index (χ2n) is 2.21. The first-order valence-corrected chi connectivity index (χ1v) is 5.18. The van der Waals surface area contributed by atoms with Gasteiger partial charge in [-0.05, 0) is 12.1 Å². The summed E-state index contributed by atoms with van der Waals surface area (Å²) in [5.74, 6) is -0.0450. The minimum atomic E-state index is -0.346. The first-order chi connectivity index (χ1) is 5.69. The molecule has 0 bridgehead atoms. The summed E-state index contributed by atoms with van der Waals surface area (Å²) in [6.07, 6.45) is 0. The summed E-state index contributed by atoms with van der Waals surface area (Å²) in [5.41, 5.74) is 0.796. The Hall–Kier alpha value is -0.0900. The van der Waals surface area contributed by atoms with Crippen LogP contribution in [0.2, 0.25) is 0 Å². The molecule has 0 aromatic heterocycles. The highest BCUT2D eigenvalue weighted by Crippen LogP contribution is 2.28. The molecule has 0 unspecified atom stereocenters. The number of hydrogen-bond acceptors (Lipinski definition) is 1. The van der Waals surface area contributed by atoms with Crippen LogP contribution in [0.3, 0.4) is 0 Å². The van der Waals surface area contributed by atoms with Crippen LogP contribution >= 0.6 is 31.9 Å². The zero-order valence-corrected chi connectivity index (χ0v) is 9.58. The topological polar surface area (TPSA) is 9.23 Å². The molecule has 0 saturated heterocycles. The van der Waals surface area contributed by atoms with Crippen LogP contribution in [0.15, 0.2) is 16.6 Å². The van der Waals surface area contributed by atoms with Crippen LogP contribution < -0.4 is 4.74 Å². The van der Waals surface area contributed by atoms with Gasteiger partial charge in [0.25, 0.3) is 0 Å². The lowest BCUT2D eigenvalue weighted by Gasteiger charge is -2.07. The van der Waals surface area contributed by atoms with Gasteiger partial charge in [0.1, 0.15) is 0 Å². The monoisotopic (exact) mass is 296 g/mol. The Morgan fingerprint density at radius 2 is 2.17 bits per heavy atom. The Labute approximate surface area is 87.2 Å². The fraction of sp³-hybridized carbons (Fsp3) is 0.250. The van der Waals surface area contributed by atoms with Gasteiger partial charge in [-0.3, -0.25) is 0 Å². The van der Waals surface area contributed by atoms with Gasteiger partial charge in [0.2, 0.25) is 0 Å². The lowest BCUT2D eigenvalue weighted by molar-refractivity contribution is 0.383. The van der Waals surface area contributed by atoms with Crippen molar-refractivity contribution in [3.8, 4) is 5.75 Å². The van der Waals surface area contributed by atoms with E-state index in [2.05, 4.69) is 31.9 Å². The molecule has 66 valence electrons. The fourth-order valence-electron chi connectivity index (χ4n) is 0.942. The van der Waals surface area contributed by atoms with Crippen molar-refractivity contribution in [3.63, 3.8) is 0 Å². The van der Waals surface area contributed by atoms with Crippen molar-refractivity contribution >= 4 is 31.9 Å². The molecule has 0 heterocycles. The van der Waals surface area contributed by atoms with E-state index in [9.17, 15) is 4.39 Å². The van der Waals surface area contributed by atoms with Gasteiger partial charge in [0.15, 0.2) is 11.6 Å². The van der Waals surface area contributed by atoms with E-state index in [1.807, 2.05) is 6.07 Å². The predicted molar refractivity (Wildman–Crippen MR) is 53.3 cm³/mol. The minimum Gasteiger partial charge on any atom is -0.493 e. The van der Waals surface area contributed by atoms with Gasteiger partial charge >= 0.3 is 0 Å². The lowest BCUT2D eigenvalue weighted by Crippen LogP contribution is -1.93. The molecule has 4 heteroatoms. The quantitative estimate of drug-likeness (QED) is 0.759. The van der Waals surface area contributed by atoms with E-state index in [1.54, 1.807) is 0 Å².